The van der Waals surface area contributed by atoms with Crippen LogP contribution in [0.1, 0.15) is 80.9 Å². The standard InChI is InChI=1S/C27H45N5O5SSi/c1-14(2)39(15(3)4,16(5)6)34-12-18-21-22(37-27(7,8)36-21)26(35-18)32-24-20(23(28)29-13-30-24)25(31-32)38-19-11-9-10-17(19)33/h13-19,21-22,26,33H,9-12H2,1-8H3,(H2,28,29,30)/t17-,18+,19-,21+,22+,26+/m0/s1. The fraction of sp³-hybridized carbons (Fsp3) is 0.815. The molecule has 39 heavy (non-hydrogen) atoms. The molecule has 0 bridgehead atoms. The van der Waals surface area contributed by atoms with Crippen molar-refractivity contribution in [2.45, 2.75) is 138 Å². The fourth-order valence-electron chi connectivity index (χ4n) is 7.13. The molecule has 3 N–H and O–H groups in total. The second kappa shape index (κ2) is 10.8. The largest absolute Gasteiger partial charge is 0.413 e. The van der Waals surface area contributed by atoms with Gasteiger partial charge in [0.2, 0.25) is 0 Å². The van der Waals surface area contributed by atoms with Gasteiger partial charge in [0.05, 0.1) is 18.1 Å². The Morgan fingerprint density at radius 3 is 2.38 bits per heavy atom. The van der Waals surface area contributed by atoms with Crippen LogP contribution in [-0.4, -0.2) is 75.2 Å². The third kappa shape index (κ3) is 5.15. The minimum Gasteiger partial charge on any atom is -0.413 e. The number of hydrogen-bond donors (Lipinski definition) is 2. The van der Waals surface area contributed by atoms with Crippen LogP contribution in [0.3, 0.4) is 0 Å². The molecule has 2 aliphatic heterocycles. The topological polar surface area (TPSA) is 127 Å². The summed E-state index contributed by atoms with van der Waals surface area (Å²) < 4.78 is 28.2. The lowest BCUT2D eigenvalue weighted by molar-refractivity contribution is -0.200. The third-order valence-corrected chi connectivity index (χ3v) is 16.2. The first kappa shape index (κ1) is 29.2. The number of fused-ring (bicyclic) bond motifs is 2. The number of hydrogen-bond acceptors (Lipinski definition) is 10. The van der Waals surface area contributed by atoms with Crippen molar-refractivity contribution in [3.63, 3.8) is 0 Å². The molecule has 4 heterocycles. The molecule has 3 aliphatic rings. The number of nitrogen functional groups attached to an aromatic ring is 1. The molecule has 0 radical (unpaired) electrons. The second-order valence-corrected chi connectivity index (χ2v) is 19.3. The Labute approximate surface area is 236 Å². The summed E-state index contributed by atoms with van der Waals surface area (Å²) in [4.78, 5) is 8.80. The molecule has 2 aromatic rings. The highest BCUT2D eigenvalue weighted by Crippen LogP contribution is 2.47. The molecule has 1 aliphatic carbocycles. The fourth-order valence-corrected chi connectivity index (χ4v) is 13.9. The Kier molecular flexibility index (Phi) is 8.13. The van der Waals surface area contributed by atoms with Gasteiger partial charge in [0.15, 0.2) is 26.0 Å². The quantitative estimate of drug-likeness (QED) is 0.391. The van der Waals surface area contributed by atoms with E-state index < -0.39 is 26.4 Å². The molecule has 6 atom stereocenters. The number of thioether (sulfide) groups is 1. The van der Waals surface area contributed by atoms with Gasteiger partial charge in [-0.1, -0.05) is 53.3 Å². The van der Waals surface area contributed by atoms with Gasteiger partial charge in [-0.05, 0) is 49.7 Å². The molecule has 218 valence electrons. The van der Waals surface area contributed by atoms with Gasteiger partial charge in [-0.25, -0.2) is 14.6 Å². The first-order valence-electron chi connectivity index (χ1n) is 14.3. The van der Waals surface area contributed by atoms with Crippen molar-refractivity contribution in [3.8, 4) is 0 Å². The number of rotatable bonds is 9. The summed E-state index contributed by atoms with van der Waals surface area (Å²) in [7, 11) is -2.11. The zero-order valence-electron chi connectivity index (χ0n) is 24.5. The smallest absolute Gasteiger partial charge is 0.200 e. The Balaban J connectivity index is 1.48. The molecule has 1 saturated carbocycles. The van der Waals surface area contributed by atoms with E-state index in [-0.39, 0.29) is 23.6 Å². The minimum absolute atomic E-state index is 0.0562. The van der Waals surface area contributed by atoms with Crippen molar-refractivity contribution < 1.29 is 23.7 Å². The van der Waals surface area contributed by atoms with Crippen LogP contribution < -0.4 is 5.73 Å². The lowest BCUT2D eigenvalue weighted by Gasteiger charge is -2.43. The average molecular weight is 580 g/mol. The molecule has 0 aromatic carbocycles. The number of anilines is 1. The Bertz CT molecular complexity index is 1160. The summed E-state index contributed by atoms with van der Waals surface area (Å²) in [6.07, 6.45) is 2.21. The maximum absolute atomic E-state index is 10.5. The zero-order valence-corrected chi connectivity index (χ0v) is 26.3. The highest BCUT2D eigenvalue weighted by molar-refractivity contribution is 8.00. The van der Waals surface area contributed by atoms with Crippen LogP contribution >= 0.6 is 11.8 Å². The van der Waals surface area contributed by atoms with E-state index in [9.17, 15) is 5.11 Å². The van der Waals surface area contributed by atoms with Gasteiger partial charge in [0, 0.05) is 5.25 Å². The molecule has 0 unspecified atom stereocenters. The van der Waals surface area contributed by atoms with E-state index in [0.29, 0.717) is 45.1 Å². The monoisotopic (exact) mass is 579 g/mol. The molecule has 3 fully saturated rings. The van der Waals surface area contributed by atoms with Crippen molar-refractivity contribution in [3.05, 3.63) is 6.33 Å². The normalized spacial score (nSPS) is 30.9. The van der Waals surface area contributed by atoms with Gasteiger partial charge in [-0.3, -0.25) is 0 Å². The first-order chi connectivity index (χ1) is 18.4. The lowest BCUT2D eigenvalue weighted by atomic mass is 10.1. The van der Waals surface area contributed by atoms with Crippen LogP contribution in [0.2, 0.25) is 16.6 Å². The van der Waals surface area contributed by atoms with Crippen LogP contribution in [0.5, 0.6) is 0 Å². The van der Waals surface area contributed by atoms with Gasteiger partial charge < -0.3 is 29.5 Å². The number of aromatic nitrogens is 4. The van der Waals surface area contributed by atoms with E-state index in [0.717, 1.165) is 19.3 Å². The van der Waals surface area contributed by atoms with E-state index in [1.807, 2.05) is 13.8 Å². The molecule has 2 saturated heterocycles. The summed E-state index contributed by atoms with van der Waals surface area (Å²) in [6.45, 7) is 18.0. The Morgan fingerprint density at radius 1 is 1.10 bits per heavy atom. The molecule has 0 spiro atoms. The SMILES string of the molecule is CC(C)[Si](OC[C@H]1O[C@@H](n2nc(S[C@H]3CCC[C@@H]3O)c3c(N)ncnc32)[C@@H]2OC(C)(C)O[C@@H]21)(C(C)C)C(C)C. The summed E-state index contributed by atoms with van der Waals surface area (Å²) >= 11 is 1.54. The van der Waals surface area contributed by atoms with Crippen LogP contribution in [0.25, 0.3) is 11.0 Å². The van der Waals surface area contributed by atoms with E-state index in [1.165, 1.54) is 6.33 Å². The molecular weight excluding hydrogens is 534 g/mol. The number of nitrogens with two attached hydrogens (primary N) is 1. The zero-order chi connectivity index (χ0) is 28.3. The van der Waals surface area contributed by atoms with Crippen molar-refractivity contribution in [2.24, 2.45) is 0 Å². The van der Waals surface area contributed by atoms with Gasteiger partial charge in [-0.2, -0.15) is 5.10 Å². The van der Waals surface area contributed by atoms with E-state index in [2.05, 4.69) is 51.5 Å². The van der Waals surface area contributed by atoms with Crippen molar-refractivity contribution >= 4 is 36.9 Å². The Morgan fingerprint density at radius 2 is 1.77 bits per heavy atom. The van der Waals surface area contributed by atoms with E-state index in [4.69, 9.17) is 29.5 Å². The molecule has 5 rings (SSSR count). The molecular formula is C27H45N5O5SSi. The lowest BCUT2D eigenvalue weighted by Crippen LogP contribution is -2.50. The highest BCUT2D eigenvalue weighted by atomic mass is 32.2. The van der Waals surface area contributed by atoms with E-state index in [1.54, 1.807) is 16.4 Å². The number of aliphatic hydroxyl groups excluding tert-OH is 1. The number of aliphatic hydroxyl groups is 1. The number of nitrogens with zero attached hydrogens (tertiary/aromatic N) is 4. The molecule has 10 nitrogen and oxygen atoms in total. The van der Waals surface area contributed by atoms with Crippen LogP contribution in [0.4, 0.5) is 5.82 Å². The first-order valence-corrected chi connectivity index (χ1v) is 17.4. The molecule has 2 aromatic heterocycles. The van der Waals surface area contributed by atoms with Gasteiger partial charge >= 0.3 is 0 Å². The minimum atomic E-state index is -2.11. The van der Waals surface area contributed by atoms with E-state index >= 15 is 0 Å². The van der Waals surface area contributed by atoms with Crippen LogP contribution in [0, 0.1) is 0 Å². The van der Waals surface area contributed by atoms with Crippen molar-refractivity contribution in [1.82, 2.24) is 19.7 Å². The van der Waals surface area contributed by atoms with Crippen molar-refractivity contribution in [2.75, 3.05) is 12.3 Å². The summed E-state index contributed by atoms with van der Waals surface area (Å²) in [5, 5.41) is 16.9. The van der Waals surface area contributed by atoms with Crippen molar-refractivity contribution in [1.29, 1.82) is 0 Å². The summed E-state index contributed by atoms with van der Waals surface area (Å²) in [5.41, 5.74) is 8.32. The van der Waals surface area contributed by atoms with Crippen LogP contribution in [0.15, 0.2) is 11.4 Å². The average Bonchev–Trinajstić information content (AvgIpc) is 3.57. The maximum Gasteiger partial charge on any atom is 0.200 e. The number of ether oxygens (including phenoxy) is 3. The Hall–Kier alpha value is -1.28. The van der Waals surface area contributed by atoms with Gasteiger partial charge in [-0.15, -0.1) is 0 Å². The predicted molar refractivity (Wildman–Crippen MR) is 154 cm³/mol. The second-order valence-electron chi connectivity index (χ2n) is 12.6. The third-order valence-electron chi connectivity index (χ3n) is 8.74. The molecule has 12 heteroatoms. The van der Waals surface area contributed by atoms with Gasteiger partial charge in [0.1, 0.15) is 35.5 Å². The highest BCUT2D eigenvalue weighted by Gasteiger charge is 2.57. The predicted octanol–water partition coefficient (Wildman–Crippen LogP) is 5.02. The summed E-state index contributed by atoms with van der Waals surface area (Å²) in [6, 6.07) is 0. The molecule has 0 amide bonds. The maximum atomic E-state index is 10.5. The van der Waals surface area contributed by atoms with Crippen LogP contribution in [-0.2, 0) is 18.6 Å². The van der Waals surface area contributed by atoms with Gasteiger partial charge in [0.25, 0.3) is 0 Å². The summed E-state index contributed by atoms with van der Waals surface area (Å²) in [5.74, 6) is -0.401.